The van der Waals surface area contributed by atoms with Gasteiger partial charge in [0.1, 0.15) is 0 Å². The fraction of sp³-hybridized carbons (Fsp3) is 0.667. The molecule has 0 radical (unpaired) electrons. The zero-order valence-electron chi connectivity index (χ0n) is 10.9. The molecule has 0 aliphatic heterocycles. The minimum Gasteiger partial charge on any atom is -0.352 e. The van der Waals surface area contributed by atoms with Crippen LogP contribution in [0.15, 0.2) is 6.20 Å². The highest BCUT2D eigenvalue weighted by Crippen LogP contribution is 2.01. The standard InChI is InChI=1S/C12H22N4O/c1-4-16(5-2)8-6-7-13-12(17)11-9-14-15-10(11)3/h9H,4-8H2,1-3H3,(H,13,17)(H,14,15). The summed E-state index contributed by atoms with van der Waals surface area (Å²) >= 11 is 0. The van der Waals surface area contributed by atoms with Crippen molar-refractivity contribution >= 4 is 5.91 Å². The molecule has 2 N–H and O–H groups in total. The Bertz CT molecular complexity index is 344. The maximum atomic E-state index is 11.7. The van der Waals surface area contributed by atoms with Gasteiger partial charge in [0, 0.05) is 12.2 Å². The number of hydrogen-bond acceptors (Lipinski definition) is 3. The topological polar surface area (TPSA) is 61.0 Å². The summed E-state index contributed by atoms with van der Waals surface area (Å²) in [4.78, 5) is 14.1. The highest BCUT2D eigenvalue weighted by Gasteiger charge is 2.09. The second kappa shape index (κ2) is 7.06. The first-order chi connectivity index (χ1) is 8.19. The molecule has 1 rings (SSSR count). The third-order valence-corrected chi connectivity index (χ3v) is 2.91. The van der Waals surface area contributed by atoms with Crippen molar-refractivity contribution in [2.45, 2.75) is 27.2 Å². The first-order valence-corrected chi connectivity index (χ1v) is 6.19. The Morgan fingerprint density at radius 2 is 2.18 bits per heavy atom. The summed E-state index contributed by atoms with van der Waals surface area (Å²) in [6.45, 7) is 10.00. The van der Waals surface area contributed by atoms with E-state index in [9.17, 15) is 4.79 Å². The summed E-state index contributed by atoms with van der Waals surface area (Å²) in [5.74, 6) is -0.0456. The number of amides is 1. The Labute approximate surface area is 103 Å². The van der Waals surface area contributed by atoms with Gasteiger partial charge in [-0.15, -0.1) is 0 Å². The van der Waals surface area contributed by atoms with Crippen LogP contribution in [-0.2, 0) is 0 Å². The summed E-state index contributed by atoms with van der Waals surface area (Å²) < 4.78 is 0. The van der Waals surface area contributed by atoms with Crippen LogP contribution < -0.4 is 5.32 Å². The molecule has 5 nitrogen and oxygen atoms in total. The van der Waals surface area contributed by atoms with Gasteiger partial charge in [0.15, 0.2) is 0 Å². The van der Waals surface area contributed by atoms with Gasteiger partial charge in [-0.25, -0.2) is 0 Å². The van der Waals surface area contributed by atoms with Crippen molar-refractivity contribution in [2.24, 2.45) is 0 Å². The maximum Gasteiger partial charge on any atom is 0.254 e. The van der Waals surface area contributed by atoms with E-state index in [4.69, 9.17) is 0 Å². The summed E-state index contributed by atoms with van der Waals surface area (Å²) in [5, 5.41) is 9.49. The molecule has 96 valence electrons. The molecule has 0 aliphatic carbocycles. The van der Waals surface area contributed by atoms with E-state index in [-0.39, 0.29) is 5.91 Å². The van der Waals surface area contributed by atoms with E-state index in [0.29, 0.717) is 12.1 Å². The van der Waals surface area contributed by atoms with Crippen LogP contribution in [0.3, 0.4) is 0 Å². The predicted molar refractivity (Wildman–Crippen MR) is 68.1 cm³/mol. The Morgan fingerprint density at radius 1 is 1.47 bits per heavy atom. The minimum absolute atomic E-state index is 0.0456. The van der Waals surface area contributed by atoms with Crippen LogP contribution in [0.5, 0.6) is 0 Å². The second-order valence-electron chi connectivity index (χ2n) is 4.05. The number of rotatable bonds is 7. The molecule has 1 aromatic heterocycles. The molecule has 1 aromatic rings. The number of aromatic nitrogens is 2. The number of carbonyl (C=O) groups is 1. The van der Waals surface area contributed by atoms with E-state index in [0.717, 1.165) is 31.7 Å². The van der Waals surface area contributed by atoms with Gasteiger partial charge in [-0.1, -0.05) is 13.8 Å². The molecule has 17 heavy (non-hydrogen) atoms. The molecule has 0 unspecified atom stereocenters. The molecular formula is C12H22N4O. The molecule has 0 saturated heterocycles. The van der Waals surface area contributed by atoms with Crippen LogP contribution in [0.4, 0.5) is 0 Å². The first kappa shape index (κ1) is 13.7. The van der Waals surface area contributed by atoms with Crippen LogP contribution >= 0.6 is 0 Å². The average molecular weight is 238 g/mol. The van der Waals surface area contributed by atoms with E-state index >= 15 is 0 Å². The molecule has 0 aliphatic rings. The van der Waals surface area contributed by atoms with Crippen molar-refractivity contribution in [3.05, 3.63) is 17.5 Å². The third kappa shape index (κ3) is 4.19. The highest BCUT2D eigenvalue weighted by atomic mass is 16.1. The molecule has 0 spiro atoms. The van der Waals surface area contributed by atoms with Gasteiger partial charge in [-0.05, 0) is 33.0 Å². The van der Waals surface area contributed by atoms with Gasteiger partial charge in [0.05, 0.1) is 11.8 Å². The second-order valence-corrected chi connectivity index (χ2v) is 4.05. The van der Waals surface area contributed by atoms with Gasteiger partial charge in [-0.3, -0.25) is 9.89 Å². The predicted octanol–water partition coefficient (Wildman–Crippen LogP) is 1.18. The highest BCUT2D eigenvalue weighted by molar-refractivity contribution is 5.94. The van der Waals surface area contributed by atoms with E-state index in [1.165, 1.54) is 0 Å². The van der Waals surface area contributed by atoms with Crippen LogP contribution in [0.25, 0.3) is 0 Å². The van der Waals surface area contributed by atoms with Crippen molar-refractivity contribution in [1.82, 2.24) is 20.4 Å². The minimum atomic E-state index is -0.0456. The zero-order valence-corrected chi connectivity index (χ0v) is 10.9. The van der Waals surface area contributed by atoms with Crippen LogP contribution in [-0.4, -0.2) is 47.2 Å². The van der Waals surface area contributed by atoms with Crippen molar-refractivity contribution in [1.29, 1.82) is 0 Å². The normalized spacial score (nSPS) is 10.8. The Morgan fingerprint density at radius 3 is 2.71 bits per heavy atom. The molecular weight excluding hydrogens is 216 g/mol. The van der Waals surface area contributed by atoms with Gasteiger partial charge in [-0.2, -0.15) is 5.10 Å². The molecule has 5 heteroatoms. The SMILES string of the molecule is CCN(CC)CCCNC(=O)c1cn[nH]c1C. The van der Waals surface area contributed by atoms with Crippen molar-refractivity contribution in [2.75, 3.05) is 26.2 Å². The van der Waals surface area contributed by atoms with E-state index in [1.807, 2.05) is 6.92 Å². The summed E-state index contributed by atoms with van der Waals surface area (Å²) in [7, 11) is 0. The number of nitrogens with one attached hydrogen (secondary N) is 2. The number of H-pyrrole nitrogens is 1. The average Bonchev–Trinajstić information content (AvgIpc) is 2.75. The Balaban J connectivity index is 2.23. The lowest BCUT2D eigenvalue weighted by Gasteiger charge is -2.17. The lowest BCUT2D eigenvalue weighted by molar-refractivity contribution is 0.0951. The van der Waals surface area contributed by atoms with Gasteiger partial charge >= 0.3 is 0 Å². The summed E-state index contributed by atoms with van der Waals surface area (Å²) in [6.07, 6.45) is 2.54. The Hall–Kier alpha value is -1.36. The van der Waals surface area contributed by atoms with Crippen LogP contribution in [0.2, 0.25) is 0 Å². The number of carbonyl (C=O) groups excluding carboxylic acids is 1. The van der Waals surface area contributed by atoms with Gasteiger partial charge in [0.2, 0.25) is 0 Å². The third-order valence-electron chi connectivity index (χ3n) is 2.91. The lowest BCUT2D eigenvalue weighted by atomic mass is 10.2. The summed E-state index contributed by atoms with van der Waals surface area (Å²) in [6, 6.07) is 0. The zero-order chi connectivity index (χ0) is 12.7. The largest absolute Gasteiger partial charge is 0.352 e. The van der Waals surface area contributed by atoms with Gasteiger partial charge < -0.3 is 10.2 Å². The number of nitrogens with zero attached hydrogens (tertiary/aromatic N) is 2. The molecule has 0 aromatic carbocycles. The molecule has 1 heterocycles. The molecule has 0 bridgehead atoms. The smallest absolute Gasteiger partial charge is 0.254 e. The number of aromatic amines is 1. The summed E-state index contributed by atoms with van der Waals surface area (Å²) in [5.41, 5.74) is 1.44. The monoisotopic (exact) mass is 238 g/mol. The molecule has 0 atom stereocenters. The van der Waals surface area contributed by atoms with Crippen LogP contribution in [0, 0.1) is 6.92 Å². The van der Waals surface area contributed by atoms with E-state index in [1.54, 1.807) is 6.20 Å². The molecule has 0 fully saturated rings. The van der Waals surface area contributed by atoms with Crippen molar-refractivity contribution in [3.63, 3.8) is 0 Å². The van der Waals surface area contributed by atoms with Crippen LogP contribution in [0.1, 0.15) is 36.3 Å². The lowest BCUT2D eigenvalue weighted by Crippen LogP contribution is -2.30. The first-order valence-electron chi connectivity index (χ1n) is 6.19. The van der Waals surface area contributed by atoms with E-state index in [2.05, 4.69) is 34.3 Å². The maximum absolute atomic E-state index is 11.7. The quantitative estimate of drug-likeness (QED) is 0.701. The molecule has 0 saturated carbocycles. The van der Waals surface area contributed by atoms with Gasteiger partial charge in [0.25, 0.3) is 5.91 Å². The number of aryl methyl sites for hydroxylation is 1. The number of hydrogen-bond donors (Lipinski definition) is 2. The fourth-order valence-electron chi connectivity index (χ4n) is 1.72. The van der Waals surface area contributed by atoms with Crippen molar-refractivity contribution in [3.8, 4) is 0 Å². The van der Waals surface area contributed by atoms with E-state index < -0.39 is 0 Å². The van der Waals surface area contributed by atoms with Crippen molar-refractivity contribution < 1.29 is 4.79 Å². The molecule has 1 amide bonds. The Kier molecular flexibility index (Phi) is 5.69. The fourth-order valence-corrected chi connectivity index (χ4v) is 1.72.